The molecule has 0 bridgehead atoms. The molecular weight excluding hydrogens is 246 g/mol. The molecule has 14 heavy (non-hydrogen) atoms. The summed E-state index contributed by atoms with van der Waals surface area (Å²) in [6.07, 6.45) is 0. The number of ketones is 1. The van der Waals surface area contributed by atoms with E-state index in [1.807, 2.05) is 19.1 Å². The molecule has 0 fully saturated rings. The van der Waals surface area contributed by atoms with E-state index in [4.69, 9.17) is 10.5 Å². The lowest BCUT2D eigenvalue weighted by Crippen LogP contribution is -2.15. The highest BCUT2D eigenvalue weighted by molar-refractivity contribution is 9.10. The maximum absolute atomic E-state index is 11.5. The first-order chi connectivity index (χ1) is 6.61. The van der Waals surface area contributed by atoms with Gasteiger partial charge in [0.05, 0.1) is 18.1 Å². The van der Waals surface area contributed by atoms with Crippen molar-refractivity contribution in [3.63, 3.8) is 0 Å². The van der Waals surface area contributed by atoms with Gasteiger partial charge in [-0.05, 0) is 34.5 Å². The Labute approximate surface area is 91.4 Å². The van der Waals surface area contributed by atoms with Gasteiger partial charge in [0.2, 0.25) is 0 Å². The molecular formula is C10H12BrNO2. The Morgan fingerprint density at radius 2 is 2.21 bits per heavy atom. The number of nitrogens with two attached hydrogens (primary N) is 1. The maximum atomic E-state index is 11.5. The van der Waals surface area contributed by atoms with Crippen molar-refractivity contribution in [1.29, 1.82) is 0 Å². The molecule has 0 atom stereocenters. The van der Waals surface area contributed by atoms with E-state index in [1.165, 1.54) is 0 Å². The molecule has 0 aliphatic carbocycles. The van der Waals surface area contributed by atoms with Crippen LogP contribution in [0.5, 0.6) is 5.75 Å². The SMILES string of the molecule is COc1ccc(C)c(C(=O)CN)c1Br. The van der Waals surface area contributed by atoms with E-state index < -0.39 is 0 Å². The van der Waals surface area contributed by atoms with Crippen molar-refractivity contribution in [3.05, 3.63) is 27.7 Å². The van der Waals surface area contributed by atoms with Gasteiger partial charge >= 0.3 is 0 Å². The fourth-order valence-corrected chi connectivity index (χ4v) is 2.08. The summed E-state index contributed by atoms with van der Waals surface area (Å²) in [5.74, 6) is 0.556. The van der Waals surface area contributed by atoms with Crippen LogP contribution in [-0.4, -0.2) is 19.4 Å². The smallest absolute Gasteiger partial charge is 0.177 e. The van der Waals surface area contributed by atoms with Crippen LogP contribution in [-0.2, 0) is 0 Å². The van der Waals surface area contributed by atoms with Gasteiger partial charge in [0.1, 0.15) is 5.75 Å². The minimum atomic E-state index is -0.0896. The highest BCUT2D eigenvalue weighted by Gasteiger charge is 2.14. The topological polar surface area (TPSA) is 52.3 Å². The van der Waals surface area contributed by atoms with E-state index in [0.717, 1.165) is 5.56 Å². The number of aryl methyl sites for hydroxylation is 1. The van der Waals surface area contributed by atoms with Gasteiger partial charge in [0, 0.05) is 5.56 Å². The molecule has 0 saturated heterocycles. The third kappa shape index (κ3) is 1.96. The Morgan fingerprint density at radius 1 is 1.57 bits per heavy atom. The fourth-order valence-electron chi connectivity index (χ4n) is 1.26. The van der Waals surface area contributed by atoms with Crippen LogP contribution in [0.2, 0.25) is 0 Å². The van der Waals surface area contributed by atoms with Crippen LogP contribution >= 0.6 is 15.9 Å². The van der Waals surface area contributed by atoms with Gasteiger partial charge < -0.3 is 10.5 Å². The Balaban J connectivity index is 3.32. The Hall–Kier alpha value is -0.870. The Bertz CT molecular complexity index is 363. The van der Waals surface area contributed by atoms with Crippen molar-refractivity contribution in [2.24, 2.45) is 5.73 Å². The van der Waals surface area contributed by atoms with Crippen molar-refractivity contribution >= 4 is 21.7 Å². The molecule has 0 aromatic heterocycles. The molecule has 1 aromatic carbocycles. The maximum Gasteiger partial charge on any atom is 0.177 e. The van der Waals surface area contributed by atoms with Gasteiger partial charge in [-0.1, -0.05) is 6.07 Å². The average Bonchev–Trinajstić information content (AvgIpc) is 2.18. The van der Waals surface area contributed by atoms with Crippen molar-refractivity contribution in [2.45, 2.75) is 6.92 Å². The summed E-state index contributed by atoms with van der Waals surface area (Å²) in [5, 5.41) is 0. The lowest BCUT2D eigenvalue weighted by Gasteiger charge is -2.10. The second-order valence-corrected chi connectivity index (χ2v) is 3.69. The zero-order chi connectivity index (χ0) is 10.7. The number of Topliss-reactive ketones (excluding diaryl/α,β-unsaturated/α-hetero) is 1. The molecule has 2 N–H and O–H groups in total. The summed E-state index contributed by atoms with van der Waals surface area (Å²) in [6.45, 7) is 1.87. The van der Waals surface area contributed by atoms with E-state index in [1.54, 1.807) is 7.11 Å². The number of benzene rings is 1. The quantitative estimate of drug-likeness (QED) is 0.842. The molecule has 0 radical (unpaired) electrons. The minimum absolute atomic E-state index is 0.00656. The second kappa shape index (κ2) is 4.57. The molecule has 4 heteroatoms. The van der Waals surface area contributed by atoms with Crippen molar-refractivity contribution in [3.8, 4) is 5.75 Å². The standard InChI is InChI=1S/C10H12BrNO2/c1-6-3-4-8(14-2)10(11)9(6)7(13)5-12/h3-4H,5,12H2,1-2H3. The fraction of sp³-hybridized carbons (Fsp3) is 0.300. The number of hydrogen-bond donors (Lipinski definition) is 1. The van der Waals surface area contributed by atoms with Crippen LogP contribution in [0.1, 0.15) is 15.9 Å². The van der Waals surface area contributed by atoms with E-state index in [-0.39, 0.29) is 12.3 Å². The van der Waals surface area contributed by atoms with Crippen LogP contribution in [0.4, 0.5) is 0 Å². The van der Waals surface area contributed by atoms with E-state index in [9.17, 15) is 4.79 Å². The summed E-state index contributed by atoms with van der Waals surface area (Å²) < 4.78 is 5.77. The van der Waals surface area contributed by atoms with Crippen molar-refractivity contribution in [1.82, 2.24) is 0 Å². The number of rotatable bonds is 3. The van der Waals surface area contributed by atoms with Crippen LogP contribution in [0.25, 0.3) is 0 Å². The number of carbonyl (C=O) groups excluding carboxylic acids is 1. The molecule has 0 heterocycles. The zero-order valence-corrected chi connectivity index (χ0v) is 9.72. The molecule has 3 nitrogen and oxygen atoms in total. The molecule has 0 saturated carbocycles. The zero-order valence-electron chi connectivity index (χ0n) is 8.13. The molecule has 0 aliphatic rings. The number of carbonyl (C=O) groups is 1. The normalized spacial score (nSPS) is 10.0. The van der Waals surface area contributed by atoms with Crippen LogP contribution in [0.3, 0.4) is 0 Å². The Kier molecular flexibility index (Phi) is 3.66. The molecule has 0 aliphatic heterocycles. The first-order valence-electron chi connectivity index (χ1n) is 4.18. The predicted octanol–water partition coefficient (Wildman–Crippen LogP) is 1.91. The van der Waals surface area contributed by atoms with E-state index >= 15 is 0 Å². The van der Waals surface area contributed by atoms with Crippen LogP contribution < -0.4 is 10.5 Å². The Morgan fingerprint density at radius 3 is 2.71 bits per heavy atom. The number of ether oxygens (including phenoxy) is 1. The second-order valence-electron chi connectivity index (χ2n) is 2.90. The summed E-state index contributed by atoms with van der Waals surface area (Å²) in [4.78, 5) is 11.5. The molecule has 0 amide bonds. The minimum Gasteiger partial charge on any atom is -0.496 e. The van der Waals surface area contributed by atoms with Gasteiger partial charge in [-0.25, -0.2) is 0 Å². The van der Waals surface area contributed by atoms with Gasteiger partial charge in [0.15, 0.2) is 5.78 Å². The average molecular weight is 258 g/mol. The van der Waals surface area contributed by atoms with Gasteiger partial charge in [-0.3, -0.25) is 4.79 Å². The lowest BCUT2D eigenvalue weighted by molar-refractivity contribution is 0.0999. The first kappa shape index (κ1) is 11.2. The van der Waals surface area contributed by atoms with Gasteiger partial charge in [-0.15, -0.1) is 0 Å². The summed E-state index contributed by atoms with van der Waals surface area (Å²) in [5.41, 5.74) is 6.82. The number of methoxy groups -OCH3 is 1. The summed E-state index contributed by atoms with van der Waals surface area (Å²) in [6, 6.07) is 3.65. The molecule has 0 unspecified atom stereocenters. The molecule has 0 spiro atoms. The summed E-state index contributed by atoms with van der Waals surface area (Å²) >= 11 is 3.33. The number of halogens is 1. The summed E-state index contributed by atoms with van der Waals surface area (Å²) in [7, 11) is 1.56. The van der Waals surface area contributed by atoms with Crippen LogP contribution in [0.15, 0.2) is 16.6 Å². The largest absolute Gasteiger partial charge is 0.496 e. The molecule has 76 valence electrons. The predicted molar refractivity (Wildman–Crippen MR) is 58.8 cm³/mol. The number of hydrogen-bond acceptors (Lipinski definition) is 3. The highest BCUT2D eigenvalue weighted by Crippen LogP contribution is 2.30. The lowest BCUT2D eigenvalue weighted by atomic mass is 10.0. The molecule has 1 rings (SSSR count). The highest BCUT2D eigenvalue weighted by atomic mass is 79.9. The van der Waals surface area contributed by atoms with Gasteiger partial charge in [-0.2, -0.15) is 0 Å². The van der Waals surface area contributed by atoms with E-state index in [2.05, 4.69) is 15.9 Å². The van der Waals surface area contributed by atoms with E-state index in [0.29, 0.717) is 15.8 Å². The third-order valence-electron chi connectivity index (χ3n) is 2.00. The van der Waals surface area contributed by atoms with Crippen LogP contribution in [0, 0.1) is 6.92 Å². The third-order valence-corrected chi connectivity index (χ3v) is 2.79. The van der Waals surface area contributed by atoms with Gasteiger partial charge in [0.25, 0.3) is 0 Å². The van der Waals surface area contributed by atoms with Crippen molar-refractivity contribution < 1.29 is 9.53 Å². The molecule has 1 aromatic rings. The van der Waals surface area contributed by atoms with Crippen molar-refractivity contribution in [2.75, 3.05) is 13.7 Å². The monoisotopic (exact) mass is 257 g/mol. The first-order valence-corrected chi connectivity index (χ1v) is 4.97.